The van der Waals surface area contributed by atoms with E-state index < -0.39 is 23.2 Å². The minimum absolute atomic E-state index is 0.244. The molecule has 9 nitrogen and oxygen atoms in total. The Hall–Kier alpha value is -3.36. The molecular formula is C15H14N4O5. The summed E-state index contributed by atoms with van der Waals surface area (Å²) in [6, 6.07) is 7.89. The van der Waals surface area contributed by atoms with Crippen molar-refractivity contribution in [1.82, 2.24) is 9.55 Å². The number of nitrogens with zero attached hydrogens (tertiary/aromatic N) is 2. The molecule has 1 fully saturated rings. The lowest BCUT2D eigenvalue weighted by Crippen LogP contribution is -2.32. The van der Waals surface area contributed by atoms with Crippen molar-refractivity contribution in [3.8, 4) is 0 Å². The van der Waals surface area contributed by atoms with Crippen LogP contribution in [0.3, 0.4) is 0 Å². The molecule has 1 aliphatic rings. The molecule has 1 saturated heterocycles. The fourth-order valence-electron chi connectivity index (χ4n) is 2.30. The lowest BCUT2D eigenvalue weighted by Gasteiger charge is -2.14. The Morgan fingerprint density at radius 1 is 1.25 bits per heavy atom. The van der Waals surface area contributed by atoms with Gasteiger partial charge in [0.1, 0.15) is 13.2 Å². The standard InChI is InChI=1S/C15H14N4O5/c20-12-4-5-18(14(22)17-12)9-13(21)16-10-2-1-3-11(8-10)19-6-7-24-15(19)23/h1-5,8H,6-7,9H2,(H,16,21)(H,17,20,22). The van der Waals surface area contributed by atoms with E-state index in [0.717, 1.165) is 10.6 Å². The quantitative estimate of drug-likeness (QED) is 0.827. The van der Waals surface area contributed by atoms with Crippen molar-refractivity contribution < 1.29 is 14.3 Å². The van der Waals surface area contributed by atoms with Gasteiger partial charge in [0.25, 0.3) is 5.56 Å². The Morgan fingerprint density at radius 2 is 2.08 bits per heavy atom. The second-order valence-electron chi connectivity index (χ2n) is 5.10. The number of benzene rings is 1. The number of carbonyl (C=O) groups excluding carboxylic acids is 2. The molecule has 2 N–H and O–H groups in total. The van der Waals surface area contributed by atoms with E-state index in [1.54, 1.807) is 24.3 Å². The number of ether oxygens (including phenoxy) is 1. The van der Waals surface area contributed by atoms with Crippen molar-refractivity contribution in [2.75, 3.05) is 23.4 Å². The number of aromatic nitrogens is 2. The van der Waals surface area contributed by atoms with Crippen LogP contribution in [0.25, 0.3) is 0 Å². The normalized spacial score (nSPS) is 13.7. The number of nitrogens with one attached hydrogen (secondary N) is 2. The fraction of sp³-hybridized carbons (Fsp3) is 0.200. The van der Waals surface area contributed by atoms with E-state index in [9.17, 15) is 19.2 Å². The molecule has 1 aliphatic heterocycles. The number of anilines is 2. The molecule has 3 rings (SSSR count). The van der Waals surface area contributed by atoms with Gasteiger partial charge in [0.05, 0.1) is 6.54 Å². The Bertz CT molecular complexity index is 901. The number of aromatic amines is 1. The molecule has 0 unspecified atom stereocenters. The molecule has 0 radical (unpaired) electrons. The van der Waals surface area contributed by atoms with E-state index in [1.165, 1.54) is 11.1 Å². The van der Waals surface area contributed by atoms with E-state index in [0.29, 0.717) is 24.5 Å². The molecule has 2 aromatic rings. The van der Waals surface area contributed by atoms with Gasteiger partial charge in [-0.05, 0) is 18.2 Å². The predicted molar refractivity (Wildman–Crippen MR) is 85.1 cm³/mol. The molecule has 0 atom stereocenters. The third kappa shape index (κ3) is 3.35. The number of hydrogen-bond acceptors (Lipinski definition) is 5. The molecule has 24 heavy (non-hydrogen) atoms. The van der Waals surface area contributed by atoms with Crippen LogP contribution in [0.15, 0.2) is 46.1 Å². The second kappa shape index (κ2) is 6.41. The second-order valence-corrected chi connectivity index (χ2v) is 5.10. The molecule has 0 bridgehead atoms. The van der Waals surface area contributed by atoms with Crippen LogP contribution in [0.1, 0.15) is 0 Å². The minimum Gasteiger partial charge on any atom is -0.447 e. The molecule has 2 amide bonds. The van der Waals surface area contributed by atoms with Crippen LogP contribution in [-0.4, -0.2) is 34.7 Å². The topological polar surface area (TPSA) is 114 Å². The van der Waals surface area contributed by atoms with Crippen molar-refractivity contribution in [2.45, 2.75) is 6.54 Å². The summed E-state index contributed by atoms with van der Waals surface area (Å²) in [5.41, 5.74) is -0.0979. The Balaban J connectivity index is 1.71. The molecule has 0 aliphatic carbocycles. The first kappa shape index (κ1) is 15.5. The van der Waals surface area contributed by atoms with Crippen LogP contribution < -0.4 is 21.5 Å². The maximum atomic E-state index is 12.0. The van der Waals surface area contributed by atoms with Crippen LogP contribution >= 0.6 is 0 Å². The zero-order valence-electron chi connectivity index (χ0n) is 12.5. The van der Waals surface area contributed by atoms with Gasteiger partial charge in [-0.2, -0.15) is 0 Å². The third-order valence-corrected chi connectivity index (χ3v) is 3.41. The summed E-state index contributed by atoms with van der Waals surface area (Å²) in [4.78, 5) is 49.7. The molecule has 2 heterocycles. The number of cyclic esters (lactones) is 1. The smallest absolute Gasteiger partial charge is 0.414 e. The monoisotopic (exact) mass is 330 g/mol. The van der Waals surface area contributed by atoms with Crippen molar-refractivity contribution in [2.24, 2.45) is 0 Å². The summed E-state index contributed by atoms with van der Waals surface area (Å²) in [6.07, 6.45) is 0.815. The van der Waals surface area contributed by atoms with Crippen LogP contribution in [-0.2, 0) is 16.1 Å². The van der Waals surface area contributed by atoms with Gasteiger partial charge in [0.2, 0.25) is 5.91 Å². The summed E-state index contributed by atoms with van der Waals surface area (Å²) in [6.45, 7) is 0.527. The summed E-state index contributed by atoms with van der Waals surface area (Å²) >= 11 is 0. The van der Waals surface area contributed by atoms with Crippen LogP contribution in [0.5, 0.6) is 0 Å². The highest BCUT2D eigenvalue weighted by atomic mass is 16.6. The van der Waals surface area contributed by atoms with Crippen LogP contribution in [0, 0.1) is 0 Å². The molecule has 0 spiro atoms. The lowest BCUT2D eigenvalue weighted by atomic mass is 10.2. The summed E-state index contributed by atoms with van der Waals surface area (Å²) < 4.78 is 5.96. The highest BCUT2D eigenvalue weighted by Gasteiger charge is 2.23. The first-order valence-electron chi connectivity index (χ1n) is 7.17. The van der Waals surface area contributed by atoms with Gasteiger partial charge in [0, 0.05) is 23.6 Å². The zero-order chi connectivity index (χ0) is 17.1. The molecule has 1 aromatic heterocycles. The molecule has 9 heteroatoms. The van der Waals surface area contributed by atoms with Crippen molar-refractivity contribution >= 4 is 23.4 Å². The Morgan fingerprint density at radius 3 is 2.79 bits per heavy atom. The maximum absolute atomic E-state index is 12.0. The van der Waals surface area contributed by atoms with Gasteiger partial charge in [0.15, 0.2) is 0 Å². The highest BCUT2D eigenvalue weighted by molar-refractivity contribution is 5.93. The van der Waals surface area contributed by atoms with E-state index in [-0.39, 0.29) is 6.54 Å². The molecule has 0 saturated carbocycles. The third-order valence-electron chi connectivity index (χ3n) is 3.41. The van der Waals surface area contributed by atoms with Gasteiger partial charge in [-0.3, -0.25) is 24.0 Å². The zero-order valence-corrected chi connectivity index (χ0v) is 12.5. The van der Waals surface area contributed by atoms with E-state index >= 15 is 0 Å². The van der Waals surface area contributed by atoms with Gasteiger partial charge in [-0.25, -0.2) is 9.59 Å². The number of carbonyl (C=O) groups is 2. The first-order valence-corrected chi connectivity index (χ1v) is 7.17. The van der Waals surface area contributed by atoms with E-state index in [1.807, 2.05) is 0 Å². The van der Waals surface area contributed by atoms with Gasteiger partial charge in [-0.1, -0.05) is 6.07 Å². The van der Waals surface area contributed by atoms with Gasteiger partial charge >= 0.3 is 11.8 Å². The maximum Gasteiger partial charge on any atom is 0.414 e. The van der Waals surface area contributed by atoms with Crippen molar-refractivity contribution in [1.29, 1.82) is 0 Å². The lowest BCUT2D eigenvalue weighted by molar-refractivity contribution is -0.116. The fourth-order valence-corrected chi connectivity index (χ4v) is 2.30. The predicted octanol–water partition coefficient (Wildman–Crippen LogP) is 0.132. The Kier molecular flexibility index (Phi) is 4.15. The van der Waals surface area contributed by atoms with Crippen LogP contribution in [0.2, 0.25) is 0 Å². The minimum atomic E-state index is -0.661. The summed E-state index contributed by atoms with van der Waals surface area (Å²) in [5, 5.41) is 2.64. The van der Waals surface area contributed by atoms with E-state index in [2.05, 4.69) is 10.3 Å². The number of amides is 2. The highest BCUT2D eigenvalue weighted by Crippen LogP contribution is 2.22. The summed E-state index contributed by atoms with van der Waals surface area (Å²) in [7, 11) is 0. The first-order chi connectivity index (χ1) is 11.5. The van der Waals surface area contributed by atoms with Gasteiger partial charge in [-0.15, -0.1) is 0 Å². The SMILES string of the molecule is O=C(Cn1ccc(=O)[nH]c1=O)Nc1cccc(N2CCOC2=O)c1. The largest absolute Gasteiger partial charge is 0.447 e. The average molecular weight is 330 g/mol. The van der Waals surface area contributed by atoms with E-state index in [4.69, 9.17) is 4.74 Å². The molecule has 124 valence electrons. The molecule has 1 aromatic carbocycles. The van der Waals surface area contributed by atoms with Gasteiger partial charge < -0.3 is 10.1 Å². The van der Waals surface area contributed by atoms with Crippen LogP contribution in [0.4, 0.5) is 16.2 Å². The average Bonchev–Trinajstić information content (AvgIpc) is 2.96. The number of hydrogen-bond donors (Lipinski definition) is 2. The Labute approximate surface area is 135 Å². The summed E-state index contributed by atoms with van der Waals surface area (Å²) in [5.74, 6) is -0.440. The number of H-pyrrole nitrogens is 1. The number of rotatable bonds is 4. The van der Waals surface area contributed by atoms with Crippen molar-refractivity contribution in [3.63, 3.8) is 0 Å². The van der Waals surface area contributed by atoms with Crippen molar-refractivity contribution in [3.05, 3.63) is 57.4 Å². The molecular weight excluding hydrogens is 316 g/mol.